The molecule has 33 heavy (non-hydrogen) atoms. The number of aryl methyl sites for hydroxylation is 2. The van der Waals surface area contributed by atoms with Gasteiger partial charge in [0.2, 0.25) is 5.89 Å². The molecule has 0 saturated carbocycles. The van der Waals surface area contributed by atoms with Crippen molar-refractivity contribution < 1.29 is 23.5 Å². The summed E-state index contributed by atoms with van der Waals surface area (Å²) in [6.07, 6.45) is 3.48. The lowest BCUT2D eigenvalue weighted by atomic mass is 9.83. The van der Waals surface area contributed by atoms with Crippen molar-refractivity contribution in [1.29, 1.82) is 0 Å². The summed E-state index contributed by atoms with van der Waals surface area (Å²) in [5.41, 5.74) is 2.99. The summed E-state index contributed by atoms with van der Waals surface area (Å²) in [6, 6.07) is 8.17. The second kappa shape index (κ2) is 11.9. The molecule has 1 aliphatic rings. The minimum Gasteiger partial charge on any atom is -0.466 e. The van der Waals surface area contributed by atoms with Crippen molar-refractivity contribution in [2.45, 2.75) is 59.8 Å². The summed E-state index contributed by atoms with van der Waals surface area (Å²) in [7, 11) is 0. The molecule has 0 spiro atoms. The van der Waals surface area contributed by atoms with Gasteiger partial charge in [-0.2, -0.15) is 0 Å². The molecule has 7 nitrogen and oxygen atoms in total. The lowest BCUT2D eigenvalue weighted by Crippen LogP contribution is -2.42. The quantitative estimate of drug-likeness (QED) is 0.483. The van der Waals surface area contributed by atoms with Crippen molar-refractivity contribution in [2.75, 3.05) is 26.3 Å². The fourth-order valence-corrected chi connectivity index (χ4v) is 4.46. The van der Waals surface area contributed by atoms with E-state index in [2.05, 4.69) is 24.0 Å². The van der Waals surface area contributed by atoms with Gasteiger partial charge in [0.1, 0.15) is 5.76 Å². The van der Waals surface area contributed by atoms with Gasteiger partial charge in [-0.15, -0.1) is 0 Å². The summed E-state index contributed by atoms with van der Waals surface area (Å²) in [6.45, 7) is 9.69. The number of nitrogens with zero attached hydrogens (tertiary/aromatic N) is 2. The van der Waals surface area contributed by atoms with Crippen LogP contribution in [0.4, 0.5) is 4.79 Å². The van der Waals surface area contributed by atoms with E-state index in [-0.39, 0.29) is 30.5 Å². The number of likely N-dealkylation sites (tertiary alicyclic amines) is 1. The molecule has 1 saturated heterocycles. The first kappa shape index (κ1) is 24.8. The number of hydrogen-bond donors (Lipinski definition) is 0. The highest BCUT2D eigenvalue weighted by Crippen LogP contribution is 2.29. The maximum Gasteiger partial charge on any atom is 0.409 e. The summed E-state index contributed by atoms with van der Waals surface area (Å²) in [4.78, 5) is 31.0. The molecule has 0 aliphatic carbocycles. The SMILES string of the molecule is CCOC(=O)C(CC)C1CCN(C(=O)OCCc2nc(-c3cccc(CC)c3)oc2C)CC1. The van der Waals surface area contributed by atoms with Crippen LogP contribution in [0.25, 0.3) is 11.5 Å². The molecule has 1 aliphatic heterocycles. The minimum absolute atomic E-state index is 0.0922. The van der Waals surface area contributed by atoms with E-state index in [0.717, 1.165) is 42.7 Å². The maximum absolute atomic E-state index is 12.5. The van der Waals surface area contributed by atoms with E-state index in [1.807, 2.05) is 32.9 Å². The van der Waals surface area contributed by atoms with Gasteiger partial charge in [0.25, 0.3) is 0 Å². The fourth-order valence-electron chi connectivity index (χ4n) is 4.46. The van der Waals surface area contributed by atoms with Gasteiger partial charge in [0.05, 0.1) is 24.8 Å². The number of oxazole rings is 1. The van der Waals surface area contributed by atoms with Crippen LogP contribution in [0, 0.1) is 18.8 Å². The number of carbonyl (C=O) groups is 2. The Hall–Kier alpha value is -2.83. The van der Waals surface area contributed by atoms with E-state index in [1.54, 1.807) is 4.90 Å². The average Bonchev–Trinajstić information content (AvgIpc) is 3.20. The number of esters is 1. The number of amides is 1. The second-order valence-corrected chi connectivity index (χ2v) is 8.53. The smallest absolute Gasteiger partial charge is 0.409 e. The minimum atomic E-state index is -0.311. The highest BCUT2D eigenvalue weighted by atomic mass is 16.6. The number of benzene rings is 1. The Bertz CT molecular complexity index is 931. The Morgan fingerprint density at radius 3 is 2.61 bits per heavy atom. The third kappa shape index (κ3) is 6.36. The Morgan fingerprint density at radius 1 is 1.18 bits per heavy atom. The van der Waals surface area contributed by atoms with Gasteiger partial charge < -0.3 is 18.8 Å². The molecule has 1 amide bonds. The molecule has 2 heterocycles. The lowest BCUT2D eigenvalue weighted by Gasteiger charge is -2.34. The molecule has 1 atom stereocenters. The van der Waals surface area contributed by atoms with Gasteiger partial charge >= 0.3 is 12.1 Å². The van der Waals surface area contributed by atoms with Crippen LogP contribution >= 0.6 is 0 Å². The molecule has 1 fully saturated rings. The first-order valence-electron chi connectivity index (χ1n) is 12.1. The number of aromatic nitrogens is 1. The second-order valence-electron chi connectivity index (χ2n) is 8.53. The molecule has 7 heteroatoms. The standard InChI is InChI=1S/C26H36N2O5/c1-5-19-9-8-10-21(17-19)24-27-23(18(4)33-24)13-16-32-26(30)28-14-11-20(12-15-28)22(6-2)25(29)31-7-3/h8-10,17,20,22H,5-7,11-16H2,1-4H3. The Labute approximate surface area is 196 Å². The summed E-state index contributed by atoms with van der Waals surface area (Å²) >= 11 is 0. The number of ether oxygens (including phenoxy) is 2. The van der Waals surface area contributed by atoms with Crippen LogP contribution in [0.5, 0.6) is 0 Å². The monoisotopic (exact) mass is 456 g/mol. The lowest BCUT2D eigenvalue weighted by molar-refractivity contribution is -0.150. The third-order valence-electron chi connectivity index (χ3n) is 6.44. The van der Waals surface area contributed by atoms with Crippen LogP contribution in [0.15, 0.2) is 28.7 Å². The van der Waals surface area contributed by atoms with Gasteiger partial charge in [0.15, 0.2) is 0 Å². The van der Waals surface area contributed by atoms with E-state index in [4.69, 9.17) is 13.9 Å². The number of piperidine rings is 1. The van der Waals surface area contributed by atoms with E-state index in [9.17, 15) is 9.59 Å². The van der Waals surface area contributed by atoms with Crippen molar-refractivity contribution in [3.63, 3.8) is 0 Å². The molecule has 180 valence electrons. The van der Waals surface area contributed by atoms with Crippen molar-refractivity contribution in [2.24, 2.45) is 11.8 Å². The molecule has 1 aromatic carbocycles. The highest BCUT2D eigenvalue weighted by Gasteiger charge is 2.32. The van der Waals surface area contributed by atoms with Crippen molar-refractivity contribution >= 4 is 12.1 Å². The molecule has 1 aromatic heterocycles. The van der Waals surface area contributed by atoms with Crippen LogP contribution in [0.1, 0.15) is 57.1 Å². The predicted molar refractivity (Wildman–Crippen MR) is 126 cm³/mol. The maximum atomic E-state index is 12.5. The first-order chi connectivity index (χ1) is 16.0. The highest BCUT2D eigenvalue weighted by molar-refractivity contribution is 5.73. The van der Waals surface area contributed by atoms with Gasteiger partial charge in [-0.1, -0.05) is 26.0 Å². The fraction of sp³-hybridized carbons (Fsp3) is 0.577. The third-order valence-corrected chi connectivity index (χ3v) is 6.44. The molecular weight excluding hydrogens is 420 g/mol. The number of hydrogen-bond acceptors (Lipinski definition) is 6. The van der Waals surface area contributed by atoms with Crippen molar-refractivity contribution in [3.8, 4) is 11.5 Å². The van der Waals surface area contributed by atoms with Crippen molar-refractivity contribution in [1.82, 2.24) is 9.88 Å². The van der Waals surface area contributed by atoms with Gasteiger partial charge in [-0.3, -0.25) is 4.79 Å². The molecule has 0 N–H and O–H groups in total. The van der Waals surface area contributed by atoms with Gasteiger partial charge in [0, 0.05) is 25.1 Å². The Balaban J connectivity index is 1.47. The zero-order valence-electron chi connectivity index (χ0n) is 20.3. The average molecular weight is 457 g/mol. The largest absolute Gasteiger partial charge is 0.466 e. The molecule has 0 bridgehead atoms. The molecule has 0 radical (unpaired) electrons. The van der Waals surface area contributed by atoms with Crippen molar-refractivity contribution in [3.05, 3.63) is 41.3 Å². The van der Waals surface area contributed by atoms with Gasteiger partial charge in [-0.05, 0) is 63.1 Å². The van der Waals surface area contributed by atoms with Gasteiger partial charge in [-0.25, -0.2) is 9.78 Å². The van der Waals surface area contributed by atoms with Crippen LogP contribution < -0.4 is 0 Å². The summed E-state index contributed by atoms with van der Waals surface area (Å²) in [5, 5.41) is 0. The molecule has 1 unspecified atom stereocenters. The van der Waals surface area contributed by atoms with Crippen LogP contribution in [0.2, 0.25) is 0 Å². The van der Waals surface area contributed by atoms with E-state index < -0.39 is 0 Å². The van der Waals surface area contributed by atoms with E-state index in [0.29, 0.717) is 32.0 Å². The van der Waals surface area contributed by atoms with E-state index >= 15 is 0 Å². The normalized spacial score (nSPS) is 15.3. The predicted octanol–water partition coefficient (Wildman–Crippen LogP) is 5.19. The number of rotatable bonds is 9. The zero-order chi connectivity index (χ0) is 23.8. The summed E-state index contributed by atoms with van der Waals surface area (Å²) in [5.74, 6) is 1.38. The topological polar surface area (TPSA) is 81.9 Å². The Morgan fingerprint density at radius 2 is 1.94 bits per heavy atom. The molecule has 3 rings (SSSR count). The van der Waals surface area contributed by atoms with Crippen LogP contribution in [-0.4, -0.2) is 48.2 Å². The van der Waals surface area contributed by atoms with Crippen LogP contribution in [-0.2, 0) is 27.1 Å². The molecule has 2 aromatic rings. The zero-order valence-corrected chi connectivity index (χ0v) is 20.3. The molecular formula is C26H36N2O5. The van der Waals surface area contributed by atoms with Crippen LogP contribution in [0.3, 0.4) is 0 Å². The summed E-state index contributed by atoms with van der Waals surface area (Å²) < 4.78 is 16.6. The Kier molecular flexibility index (Phi) is 8.92. The van der Waals surface area contributed by atoms with E-state index in [1.165, 1.54) is 5.56 Å². The first-order valence-corrected chi connectivity index (χ1v) is 12.1. The number of carbonyl (C=O) groups excluding carboxylic acids is 2.